The summed E-state index contributed by atoms with van der Waals surface area (Å²) in [5, 5.41) is 3.71. The first kappa shape index (κ1) is 14.2. The van der Waals surface area contributed by atoms with E-state index in [-0.39, 0.29) is 0 Å². The topological polar surface area (TPSA) is 12.0 Å². The molecule has 0 spiro atoms. The Kier molecular flexibility index (Phi) is 5.48. The lowest BCUT2D eigenvalue weighted by molar-refractivity contribution is 0.307. The lowest BCUT2D eigenvalue weighted by atomic mass is 9.79. The number of hydrogen-bond acceptors (Lipinski definition) is 1. The third-order valence-corrected chi connectivity index (χ3v) is 4.21. The first-order valence-electron chi connectivity index (χ1n) is 7.58. The normalized spacial score (nSPS) is 19.5. The smallest absolute Gasteiger partial charge is 0.0108 e. The largest absolute Gasteiger partial charge is 0.314 e. The summed E-state index contributed by atoms with van der Waals surface area (Å²) in [6.45, 7) is 3.33. The van der Waals surface area contributed by atoms with Gasteiger partial charge >= 0.3 is 0 Å². The molecule has 0 heterocycles. The summed E-state index contributed by atoms with van der Waals surface area (Å²) in [5.41, 5.74) is 3.09. The Hall–Kier alpha value is -1.26. The molecule has 19 heavy (non-hydrogen) atoms. The van der Waals surface area contributed by atoms with Crippen LogP contribution >= 0.6 is 0 Å². The predicted octanol–water partition coefficient (Wildman–Crippen LogP) is 3.57. The predicted molar refractivity (Wildman–Crippen MR) is 82.1 cm³/mol. The molecule has 0 bridgehead atoms. The molecule has 1 aromatic carbocycles. The highest BCUT2D eigenvalue weighted by Crippen LogP contribution is 2.28. The van der Waals surface area contributed by atoms with E-state index in [0.29, 0.717) is 6.04 Å². The van der Waals surface area contributed by atoms with E-state index >= 15 is 0 Å². The van der Waals surface area contributed by atoms with Crippen LogP contribution in [0.25, 0.3) is 0 Å². The minimum absolute atomic E-state index is 0.587. The maximum Gasteiger partial charge on any atom is 0.0108 e. The quantitative estimate of drug-likeness (QED) is 0.766. The number of fused-ring (bicyclic) bond motifs is 1. The number of hydrogen-bond donors (Lipinski definition) is 1. The van der Waals surface area contributed by atoms with E-state index in [2.05, 4.69) is 42.4 Å². The van der Waals surface area contributed by atoms with Crippen molar-refractivity contribution in [3.05, 3.63) is 35.4 Å². The molecule has 0 amide bonds. The van der Waals surface area contributed by atoms with Crippen LogP contribution < -0.4 is 5.32 Å². The molecule has 1 aromatic rings. The molecular formula is C18H25N. The molecule has 1 aliphatic rings. The molecule has 0 aliphatic heterocycles. The van der Waals surface area contributed by atoms with Gasteiger partial charge in [0.2, 0.25) is 0 Å². The Morgan fingerprint density at radius 1 is 1.37 bits per heavy atom. The van der Waals surface area contributed by atoms with Gasteiger partial charge in [-0.3, -0.25) is 0 Å². The van der Waals surface area contributed by atoms with E-state index in [1.807, 2.05) is 0 Å². The Bertz CT molecular complexity index is 430. The van der Waals surface area contributed by atoms with Crippen LogP contribution in [0.1, 0.15) is 43.7 Å². The summed E-state index contributed by atoms with van der Waals surface area (Å²) >= 11 is 0. The molecular weight excluding hydrogens is 230 g/mol. The van der Waals surface area contributed by atoms with E-state index in [0.717, 1.165) is 25.3 Å². The van der Waals surface area contributed by atoms with Crippen molar-refractivity contribution in [1.29, 1.82) is 0 Å². The third kappa shape index (κ3) is 3.85. The molecule has 0 fully saturated rings. The molecule has 2 rings (SSSR count). The summed E-state index contributed by atoms with van der Waals surface area (Å²) < 4.78 is 0. The monoisotopic (exact) mass is 255 g/mol. The number of nitrogens with one attached hydrogen (secondary N) is 1. The van der Waals surface area contributed by atoms with Crippen molar-refractivity contribution in [2.45, 2.75) is 51.5 Å². The van der Waals surface area contributed by atoms with Gasteiger partial charge in [0.15, 0.2) is 0 Å². The van der Waals surface area contributed by atoms with Crippen molar-refractivity contribution in [3.63, 3.8) is 0 Å². The summed E-state index contributed by atoms with van der Waals surface area (Å²) in [6, 6.07) is 9.48. The van der Waals surface area contributed by atoms with Crippen molar-refractivity contribution in [2.75, 3.05) is 6.54 Å². The average Bonchev–Trinajstić information content (AvgIpc) is 2.47. The fraction of sp³-hybridized carbons (Fsp3) is 0.556. The van der Waals surface area contributed by atoms with Gasteiger partial charge in [-0.1, -0.05) is 31.2 Å². The molecule has 2 unspecified atom stereocenters. The van der Waals surface area contributed by atoms with Gasteiger partial charge in [0, 0.05) is 12.5 Å². The van der Waals surface area contributed by atoms with E-state index in [4.69, 9.17) is 6.42 Å². The lowest BCUT2D eigenvalue weighted by Crippen LogP contribution is -2.39. The van der Waals surface area contributed by atoms with Crippen LogP contribution in [-0.4, -0.2) is 12.6 Å². The van der Waals surface area contributed by atoms with Crippen LogP contribution in [0.3, 0.4) is 0 Å². The standard InChI is InChI=1S/C18H25N/c1-3-5-10-18(19-13-4-2)17-12-11-15-8-6-7-9-16(15)14-17/h1,6-9,17-19H,4-5,10-14H2,2H3. The molecule has 2 atom stereocenters. The average molecular weight is 255 g/mol. The van der Waals surface area contributed by atoms with E-state index in [9.17, 15) is 0 Å². The van der Waals surface area contributed by atoms with Crippen LogP contribution in [0, 0.1) is 18.3 Å². The minimum atomic E-state index is 0.587. The fourth-order valence-electron chi connectivity index (χ4n) is 3.14. The zero-order valence-corrected chi connectivity index (χ0v) is 12.0. The van der Waals surface area contributed by atoms with Gasteiger partial charge in [0.1, 0.15) is 0 Å². The maximum absolute atomic E-state index is 5.43. The van der Waals surface area contributed by atoms with Gasteiger partial charge in [-0.15, -0.1) is 12.3 Å². The first-order chi connectivity index (χ1) is 9.35. The molecule has 1 aliphatic carbocycles. The van der Waals surface area contributed by atoms with Crippen LogP contribution in [0.15, 0.2) is 24.3 Å². The maximum atomic E-state index is 5.43. The second kappa shape index (κ2) is 7.36. The number of terminal acetylenes is 1. The third-order valence-electron chi connectivity index (χ3n) is 4.21. The second-order valence-corrected chi connectivity index (χ2v) is 5.58. The van der Waals surface area contributed by atoms with Crippen molar-refractivity contribution in [3.8, 4) is 12.3 Å². The van der Waals surface area contributed by atoms with Gasteiger partial charge in [-0.05, 0) is 55.7 Å². The Balaban J connectivity index is 2.00. The molecule has 0 saturated heterocycles. The molecule has 1 heteroatoms. The van der Waals surface area contributed by atoms with Gasteiger partial charge < -0.3 is 5.32 Å². The zero-order chi connectivity index (χ0) is 13.5. The highest BCUT2D eigenvalue weighted by atomic mass is 14.9. The van der Waals surface area contributed by atoms with E-state index < -0.39 is 0 Å². The summed E-state index contributed by atoms with van der Waals surface area (Å²) in [4.78, 5) is 0. The van der Waals surface area contributed by atoms with Gasteiger partial charge in [-0.2, -0.15) is 0 Å². The molecule has 1 N–H and O–H groups in total. The highest BCUT2D eigenvalue weighted by Gasteiger charge is 2.25. The van der Waals surface area contributed by atoms with Crippen LogP contribution in [0.4, 0.5) is 0 Å². The molecule has 1 nitrogen and oxygen atoms in total. The minimum Gasteiger partial charge on any atom is -0.314 e. The molecule has 0 saturated carbocycles. The summed E-state index contributed by atoms with van der Waals surface area (Å²) in [6.07, 6.45) is 12.4. The van der Waals surface area contributed by atoms with Crippen LogP contribution in [-0.2, 0) is 12.8 Å². The Morgan fingerprint density at radius 2 is 2.16 bits per heavy atom. The van der Waals surface area contributed by atoms with Crippen molar-refractivity contribution in [1.82, 2.24) is 5.32 Å². The van der Waals surface area contributed by atoms with Crippen LogP contribution in [0.5, 0.6) is 0 Å². The number of rotatable bonds is 6. The van der Waals surface area contributed by atoms with Crippen LogP contribution in [0.2, 0.25) is 0 Å². The summed E-state index contributed by atoms with van der Waals surface area (Å²) in [5.74, 6) is 3.54. The van der Waals surface area contributed by atoms with Crippen molar-refractivity contribution >= 4 is 0 Å². The van der Waals surface area contributed by atoms with Crippen molar-refractivity contribution in [2.24, 2.45) is 5.92 Å². The Morgan fingerprint density at radius 3 is 2.89 bits per heavy atom. The van der Waals surface area contributed by atoms with Gasteiger partial charge in [0.25, 0.3) is 0 Å². The summed E-state index contributed by atoms with van der Waals surface area (Å²) in [7, 11) is 0. The molecule has 0 radical (unpaired) electrons. The van der Waals surface area contributed by atoms with Gasteiger partial charge in [-0.25, -0.2) is 0 Å². The molecule has 0 aromatic heterocycles. The SMILES string of the molecule is C#CCCC(NCCC)C1CCc2ccccc2C1. The van der Waals surface area contributed by atoms with E-state index in [1.54, 1.807) is 11.1 Å². The fourth-order valence-corrected chi connectivity index (χ4v) is 3.14. The molecule has 102 valence electrons. The number of benzene rings is 1. The second-order valence-electron chi connectivity index (χ2n) is 5.58. The van der Waals surface area contributed by atoms with Gasteiger partial charge in [0.05, 0.1) is 0 Å². The Labute approximate surface area is 117 Å². The van der Waals surface area contributed by atoms with Crippen molar-refractivity contribution < 1.29 is 0 Å². The zero-order valence-electron chi connectivity index (χ0n) is 12.0. The number of aryl methyl sites for hydroxylation is 1. The first-order valence-corrected chi connectivity index (χ1v) is 7.58. The van der Waals surface area contributed by atoms with E-state index in [1.165, 1.54) is 25.7 Å². The lowest BCUT2D eigenvalue weighted by Gasteiger charge is -2.32. The highest BCUT2D eigenvalue weighted by molar-refractivity contribution is 5.30.